The maximum absolute atomic E-state index is 10.6. The molecule has 2 saturated heterocycles. The molecule has 1 aliphatic carbocycles. The first kappa shape index (κ1) is 17.6. The lowest BCUT2D eigenvalue weighted by Gasteiger charge is -2.38. The highest BCUT2D eigenvalue weighted by Gasteiger charge is 2.46. The van der Waals surface area contributed by atoms with Crippen LogP contribution in [0.3, 0.4) is 0 Å². The minimum absolute atomic E-state index is 0.0162. The van der Waals surface area contributed by atoms with Crippen molar-refractivity contribution in [1.29, 1.82) is 0 Å². The number of hydrogen-bond acceptors (Lipinski definition) is 5. The third kappa shape index (κ3) is 4.26. The summed E-state index contributed by atoms with van der Waals surface area (Å²) < 4.78 is 6.00. The Bertz CT molecular complexity index is 354. The van der Waals surface area contributed by atoms with Crippen LogP contribution in [-0.2, 0) is 4.74 Å². The van der Waals surface area contributed by atoms with E-state index in [-0.39, 0.29) is 18.8 Å². The summed E-state index contributed by atoms with van der Waals surface area (Å²) in [5.74, 6) is 0.776. The van der Waals surface area contributed by atoms with Crippen molar-refractivity contribution in [3.05, 3.63) is 0 Å². The van der Waals surface area contributed by atoms with Gasteiger partial charge >= 0.3 is 0 Å². The highest BCUT2D eigenvalue weighted by Crippen LogP contribution is 2.29. The van der Waals surface area contributed by atoms with Crippen molar-refractivity contribution in [2.45, 2.75) is 82.3 Å². The van der Waals surface area contributed by atoms with E-state index >= 15 is 0 Å². The molecule has 1 saturated carbocycles. The van der Waals surface area contributed by atoms with Gasteiger partial charge in [0.25, 0.3) is 0 Å². The first-order valence-electron chi connectivity index (χ1n) is 9.61. The van der Waals surface area contributed by atoms with Gasteiger partial charge in [-0.25, -0.2) is 0 Å². The smallest absolute Gasteiger partial charge is 0.109 e. The van der Waals surface area contributed by atoms with Crippen LogP contribution in [0.1, 0.15) is 51.9 Å². The normalized spacial score (nSPS) is 38.2. The zero-order valence-corrected chi connectivity index (χ0v) is 14.5. The first-order chi connectivity index (χ1) is 11.2. The molecule has 0 radical (unpaired) electrons. The molecule has 4 unspecified atom stereocenters. The number of nitrogens with zero attached hydrogens (tertiary/aromatic N) is 1. The summed E-state index contributed by atoms with van der Waals surface area (Å²) in [6.45, 7) is 5.06. The van der Waals surface area contributed by atoms with E-state index in [2.05, 4.69) is 17.1 Å². The maximum atomic E-state index is 10.6. The fraction of sp³-hybridized carbons (Fsp3) is 1.00. The van der Waals surface area contributed by atoms with E-state index in [4.69, 9.17) is 4.74 Å². The molecule has 0 spiro atoms. The van der Waals surface area contributed by atoms with Crippen molar-refractivity contribution in [3.63, 3.8) is 0 Å². The summed E-state index contributed by atoms with van der Waals surface area (Å²) in [4.78, 5) is 2.40. The number of nitrogens with one attached hydrogen (secondary N) is 1. The zero-order valence-electron chi connectivity index (χ0n) is 14.5. The molecule has 0 bridgehead atoms. The molecule has 5 heteroatoms. The van der Waals surface area contributed by atoms with Crippen LogP contribution >= 0.6 is 0 Å². The Morgan fingerprint density at radius 3 is 2.39 bits per heavy atom. The minimum Gasteiger partial charge on any atom is -0.394 e. The van der Waals surface area contributed by atoms with Gasteiger partial charge in [0.15, 0.2) is 0 Å². The van der Waals surface area contributed by atoms with Crippen LogP contribution in [0.25, 0.3) is 0 Å². The SMILES string of the molecule is CC1CCN(C2C(CNC3CCCCC3)OC(CO)C2O)CC1. The minimum atomic E-state index is -0.577. The van der Waals surface area contributed by atoms with Gasteiger partial charge in [0, 0.05) is 12.6 Å². The lowest BCUT2D eigenvalue weighted by atomic mass is 9.93. The summed E-state index contributed by atoms with van der Waals surface area (Å²) in [5, 5.41) is 23.8. The Morgan fingerprint density at radius 2 is 1.74 bits per heavy atom. The Hall–Kier alpha value is -0.200. The van der Waals surface area contributed by atoms with Crippen molar-refractivity contribution in [1.82, 2.24) is 10.2 Å². The fourth-order valence-electron chi connectivity index (χ4n) is 4.51. The Labute approximate surface area is 140 Å². The van der Waals surface area contributed by atoms with Gasteiger partial charge in [0.05, 0.1) is 18.8 Å². The van der Waals surface area contributed by atoms with Gasteiger partial charge in [-0.1, -0.05) is 26.2 Å². The van der Waals surface area contributed by atoms with Crippen molar-refractivity contribution in [2.75, 3.05) is 26.2 Å². The molecule has 23 heavy (non-hydrogen) atoms. The van der Waals surface area contributed by atoms with E-state index < -0.39 is 12.2 Å². The predicted molar refractivity (Wildman–Crippen MR) is 90.4 cm³/mol. The van der Waals surface area contributed by atoms with E-state index in [1.807, 2.05) is 0 Å². The highest BCUT2D eigenvalue weighted by molar-refractivity contribution is 4.99. The van der Waals surface area contributed by atoms with Crippen LogP contribution in [-0.4, -0.2) is 71.7 Å². The van der Waals surface area contributed by atoms with Crippen molar-refractivity contribution in [3.8, 4) is 0 Å². The molecule has 134 valence electrons. The lowest BCUT2D eigenvalue weighted by molar-refractivity contribution is -0.0220. The molecule has 3 aliphatic rings. The molecule has 3 N–H and O–H groups in total. The van der Waals surface area contributed by atoms with Gasteiger partial charge < -0.3 is 20.3 Å². The van der Waals surface area contributed by atoms with E-state index in [0.717, 1.165) is 25.6 Å². The molecule has 3 fully saturated rings. The van der Waals surface area contributed by atoms with Crippen molar-refractivity contribution in [2.24, 2.45) is 5.92 Å². The Morgan fingerprint density at radius 1 is 1.04 bits per heavy atom. The topological polar surface area (TPSA) is 65.0 Å². The van der Waals surface area contributed by atoms with E-state index in [1.54, 1.807) is 0 Å². The summed E-state index contributed by atoms with van der Waals surface area (Å²) in [7, 11) is 0. The van der Waals surface area contributed by atoms with Gasteiger partial charge in [-0.05, 0) is 44.7 Å². The average molecular weight is 326 g/mol. The largest absolute Gasteiger partial charge is 0.394 e. The van der Waals surface area contributed by atoms with Gasteiger partial charge in [-0.15, -0.1) is 0 Å². The summed E-state index contributed by atoms with van der Waals surface area (Å²) in [6, 6.07) is 0.621. The van der Waals surface area contributed by atoms with Gasteiger partial charge in [0.1, 0.15) is 12.2 Å². The molecule has 2 heterocycles. The molecule has 4 atom stereocenters. The molecule has 0 aromatic rings. The van der Waals surface area contributed by atoms with E-state index in [9.17, 15) is 10.2 Å². The van der Waals surface area contributed by atoms with Crippen LogP contribution in [0.4, 0.5) is 0 Å². The number of aliphatic hydroxyl groups is 2. The molecule has 5 nitrogen and oxygen atoms in total. The average Bonchev–Trinajstić information content (AvgIpc) is 2.90. The van der Waals surface area contributed by atoms with Crippen LogP contribution in [0, 0.1) is 5.92 Å². The van der Waals surface area contributed by atoms with Gasteiger partial charge in [-0.2, -0.15) is 0 Å². The van der Waals surface area contributed by atoms with Crippen LogP contribution in [0.5, 0.6) is 0 Å². The first-order valence-corrected chi connectivity index (χ1v) is 9.61. The zero-order chi connectivity index (χ0) is 16.2. The van der Waals surface area contributed by atoms with Gasteiger partial charge in [0.2, 0.25) is 0 Å². The second-order valence-corrected chi connectivity index (χ2v) is 7.84. The quantitative estimate of drug-likeness (QED) is 0.707. The number of rotatable bonds is 5. The van der Waals surface area contributed by atoms with Crippen LogP contribution in [0.15, 0.2) is 0 Å². The molecular formula is C18H34N2O3. The second-order valence-electron chi connectivity index (χ2n) is 7.84. The maximum Gasteiger partial charge on any atom is 0.109 e. The number of hydrogen-bond donors (Lipinski definition) is 3. The number of aliphatic hydroxyl groups excluding tert-OH is 2. The monoisotopic (exact) mass is 326 g/mol. The number of piperidine rings is 1. The summed E-state index contributed by atoms with van der Waals surface area (Å²) in [5.41, 5.74) is 0. The summed E-state index contributed by atoms with van der Waals surface area (Å²) in [6.07, 6.45) is 7.86. The third-order valence-electron chi connectivity index (χ3n) is 6.09. The third-order valence-corrected chi connectivity index (χ3v) is 6.09. The fourth-order valence-corrected chi connectivity index (χ4v) is 4.51. The van der Waals surface area contributed by atoms with E-state index in [0.29, 0.717) is 6.04 Å². The number of likely N-dealkylation sites (tertiary alicyclic amines) is 1. The Balaban J connectivity index is 1.58. The standard InChI is InChI=1S/C18H34N2O3/c1-13-7-9-20(10-8-13)17-15(23-16(12-21)18(17)22)11-19-14-5-3-2-4-6-14/h13-19,21-22H,2-12H2,1H3. The van der Waals surface area contributed by atoms with Crippen LogP contribution < -0.4 is 5.32 Å². The predicted octanol–water partition coefficient (Wildman–Crippen LogP) is 1.13. The molecular weight excluding hydrogens is 292 g/mol. The second kappa shape index (κ2) is 8.26. The Kier molecular flexibility index (Phi) is 6.32. The molecule has 2 aliphatic heterocycles. The molecule has 0 aromatic carbocycles. The van der Waals surface area contributed by atoms with Crippen molar-refractivity contribution >= 4 is 0 Å². The number of ether oxygens (including phenoxy) is 1. The lowest BCUT2D eigenvalue weighted by Crippen LogP contribution is -2.53. The highest BCUT2D eigenvalue weighted by atomic mass is 16.5. The van der Waals surface area contributed by atoms with E-state index in [1.165, 1.54) is 44.9 Å². The molecule has 0 amide bonds. The molecule has 3 rings (SSSR count). The summed E-state index contributed by atoms with van der Waals surface area (Å²) >= 11 is 0. The van der Waals surface area contributed by atoms with Gasteiger partial charge in [-0.3, -0.25) is 4.90 Å². The van der Waals surface area contributed by atoms with Crippen molar-refractivity contribution < 1.29 is 14.9 Å². The van der Waals surface area contributed by atoms with Crippen LogP contribution in [0.2, 0.25) is 0 Å². The molecule has 0 aromatic heterocycles.